The second kappa shape index (κ2) is 9.78. The van der Waals surface area contributed by atoms with Gasteiger partial charge in [0.2, 0.25) is 10.0 Å². The van der Waals surface area contributed by atoms with E-state index in [1.165, 1.54) is 38.4 Å². The van der Waals surface area contributed by atoms with Gasteiger partial charge in [-0.15, -0.1) is 0 Å². The van der Waals surface area contributed by atoms with Gasteiger partial charge in [0.05, 0.1) is 12.0 Å². The van der Waals surface area contributed by atoms with E-state index in [-0.39, 0.29) is 10.8 Å². The van der Waals surface area contributed by atoms with Crippen molar-refractivity contribution in [1.82, 2.24) is 14.5 Å². The fourth-order valence-corrected chi connectivity index (χ4v) is 4.51. The Morgan fingerprint density at radius 3 is 2.19 bits per heavy atom. The van der Waals surface area contributed by atoms with E-state index in [0.717, 1.165) is 0 Å². The molecule has 1 heterocycles. The highest BCUT2D eigenvalue weighted by Crippen LogP contribution is 2.29. The fourth-order valence-electron chi connectivity index (χ4n) is 3.54. The molecule has 0 bridgehead atoms. The van der Waals surface area contributed by atoms with Crippen LogP contribution in [0.3, 0.4) is 0 Å². The summed E-state index contributed by atoms with van der Waals surface area (Å²) in [6.45, 7) is 1.74. The molecule has 0 saturated carbocycles. The molecular weight excluding hydrogens is 442 g/mol. The highest BCUT2D eigenvalue weighted by molar-refractivity contribution is 7.89. The molecule has 31 heavy (non-hydrogen) atoms. The summed E-state index contributed by atoms with van der Waals surface area (Å²) >= 11 is 6.31. The maximum absolute atomic E-state index is 12.9. The molecule has 1 atom stereocenters. The first kappa shape index (κ1) is 23.2. The van der Waals surface area contributed by atoms with Crippen LogP contribution in [0.15, 0.2) is 53.4 Å². The average Bonchev–Trinajstić information content (AvgIpc) is 2.80. The molecule has 0 spiro atoms. The van der Waals surface area contributed by atoms with Gasteiger partial charge in [-0.3, -0.25) is 9.69 Å². The van der Waals surface area contributed by atoms with Crippen LogP contribution < -0.4 is 4.72 Å². The molecule has 2 aromatic rings. The second-order valence-electron chi connectivity index (χ2n) is 7.01. The van der Waals surface area contributed by atoms with Crippen LogP contribution in [0.25, 0.3) is 0 Å². The van der Waals surface area contributed by atoms with Gasteiger partial charge in [0.25, 0.3) is 5.91 Å². The Labute approximate surface area is 186 Å². The van der Waals surface area contributed by atoms with E-state index < -0.39 is 22.0 Å². The Morgan fingerprint density at radius 2 is 1.65 bits per heavy atom. The molecule has 166 valence electrons. The minimum absolute atomic E-state index is 0.0945. The van der Waals surface area contributed by atoms with Crippen molar-refractivity contribution in [3.05, 3.63) is 64.7 Å². The normalized spacial score (nSPS) is 16.0. The molecule has 1 N–H and O–H groups in total. The lowest BCUT2D eigenvalue weighted by atomic mass is 10.0. The van der Waals surface area contributed by atoms with Crippen LogP contribution in [0.4, 0.5) is 0 Å². The van der Waals surface area contributed by atoms with Gasteiger partial charge in [-0.05, 0) is 42.9 Å². The van der Waals surface area contributed by atoms with Crippen LogP contribution in [-0.2, 0) is 19.6 Å². The van der Waals surface area contributed by atoms with Gasteiger partial charge in [-0.1, -0.05) is 29.8 Å². The van der Waals surface area contributed by atoms with Crippen LogP contribution in [0.5, 0.6) is 0 Å². The molecule has 8 nitrogen and oxygen atoms in total. The van der Waals surface area contributed by atoms with Crippen molar-refractivity contribution in [1.29, 1.82) is 0 Å². The van der Waals surface area contributed by atoms with Crippen LogP contribution in [0, 0.1) is 0 Å². The summed E-state index contributed by atoms with van der Waals surface area (Å²) < 4.78 is 30.9. The molecule has 0 aliphatic carbocycles. The van der Waals surface area contributed by atoms with Gasteiger partial charge in [0.1, 0.15) is 6.04 Å². The Balaban J connectivity index is 1.71. The zero-order valence-corrected chi connectivity index (χ0v) is 18.8. The standard InChI is InChI=1S/C21H24ClN3O5S/c1-23-31(28,29)16-9-7-15(8-10-16)20(26)25-13-11-24(12-14-25)19(21(27)30-2)17-5-3-4-6-18(17)22/h3-10,19,23H,11-14H2,1-2H3. The number of piperazine rings is 1. The van der Waals surface area contributed by atoms with Gasteiger partial charge < -0.3 is 9.64 Å². The van der Waals surface area contributed by atoms with Gasteiger partial charge >= 0.3 is 5.97 Å². The highest BCUT2D eigenvalue weighted by Gasteiger charge is 2.33. The third kappa shape index (κ3) is 5.07. The zero-order chi connectivity index (χ0) is 22.6. The first-order valence-corrected chi connectivity index (χ1v) is 11.5. The Morgan fingerprint density at radius 1 is 1.03 bits per heavy atom. The molecule has 1 fully saturated rings. The number of nitrogens with zero attached hydrogens (tertiary/aromatic N) is 2. The van der Waals surface area contributed by atoms with Crippen LogP contribution >= 0.6 is 11.6 Å². The number of rotatable bonds is 6. The van der Waals surface area contributed by atoms with Gasteiger partial charge in [0.15, 0.2) is 0 Å². The molecule has 1 aliphatic heterocycles. The highest BCUT2D eigenvalue weighted by atomic mass is 35.5. The number of methoxy groups -OCH3 is 1. The van der Waals surface area contributed by atoms with Gasteiger partial charge in [-0.2, -0.15) is 0 Å². The number of nitrogens with one attached hydrogen (secondary N) is 1. The lowest BCUT2D eigenvalue weighted by Gasteiger charge is -2.38. The molecule has 3 rings (SSSR count). The third-order valence-corrected chi connectivity index (χ3v) is 7.05. The number of esters is 1. The Hall–Kier alpha value is -2.46. The SMILES string of the molecule is CNS(=O)(=O)c1ccc(C(=O)N2CCN(C(C(=O)OC)c3ccccc3Cl)CC2)cc1. The first-order chi connectivity index (χ1) is 14.8. The predicted octanol–water partition coefficient (Wildman–Crippen LogP) is 1.92. The predicted molar refractivity (Wildman–Crippen MR) is 116 cm³/mol. The summed E-state index contributed by atoms with van der Waals surface area (Å²) in [5.74, 6) is -0.602. The minimum atomic E-state index is -3.56. The van der Waals surface area contributed by atoms with Gasteiger partial charge in [-0.25, -0.2) is 17.9 Å². The number of halogens is 1. The fraction of sp³-hybridized carbons (Fsp3) is 0.333. The topological polar surface area (TPSA) is 96.0 Å². The largest absolute Gasteiger partial charge is 0.468 e. The molecule has 0 radical (unpaired) electrons. The van der Waals surface area contributed by atoms with Crippen molar-refractivity contribution in [3.63, 3.8) is 0 Å². The molecule has 10 heteroatoms. The molecule has 0 aromatic heterocycles. The van der Waals surface area contributed by atoms with Crippen molar-refractivity contribution in [2.24, 2.45) is 0 Å². The number of benzene rings is 2. The van der Waals surface area contributed by atoms with E-state index in [9.17, 15) is 18.0 Å². The van der Waals surface area contributed by atoms with Crippen molar-refractivity contribution >= 4 is 33.5 Å². The number of hydrogen-bond acceptors (Lipinski definition) is 6. The van der Waals surface area contributed by atoms with Crippen LogP contribution in [0.2, 0.25) is 5.02 Å². The van der Waals surface area contributed by atoms with Crippen LogP contribution in [-0.4, -0.2) is 70.4 Å². The second-order valence-corrected chi connectivity index (χ2v) is 9.30. The number of ether oxygens (including phenoxy) is 1. The molecule has 1 amide bonds. The zero-order valence-electron chi connectivity index (χ0n) is 17.2. The number of sulfonamides is 1. The summed E-state index contributed by atoms with van der Waals surface area (Å²) in [5, 5.41) is 0.480. The van der Waals surface area contributed by atoms with Crippen molar-refractivity contribution in [3.8, 4) is 0 Å². The van der Waals surface area contributed by atoms with E-state index >= 15 is 0 Å². The molecular formula is C21H24ClN3O5S. The summed E-state index contributed by atoms with van der Waals surface area (Å²) in [4.78, 5) is 29.0. The summed E-state index contributed by atoms with van der Waals surface area (Å²) in [7, 11) is -0.890. The average molecular weight is 466 g/mol. The van der Waals surface area contributed by atoms with Crippen LogP contribution in [0.1, 0.15) is 22.0 Å². The lowest BCUT2D eigenvalue weighted by Crippen LogP contribution is -2.51. The van der Waals surface area contributed by atoms with E-state index in [4.69, 9.17) is 16.3 Å². The van der Waals surface area contributed by atoms with Crippen molar-refractivity contribution < 1.29 is 22.7 Å². The Bertz CT molecular complexity index is 1050. The third-order valence-electron chi connectivity index (χ3n) is 5.27. The molecule has 2 aromatic carbocycles. The van der Waals surface area contributed by atoms with E-state index in [1.54, 1.807) is 23.1 Å². The van der Waals surface area contributed by atoms with Crippen molar-refractivity contribution in [2.75, 3.05) is 40.3 Å². The van der Waals surface area contributed by atoms with Gasteiger partial charge in [0, 0.05) is 36.8 Å². The van der Waals surface area contributed by atoms with E-state index in [1.807, 2.05) is 11.0 Å². The minimum Gasteiger partial charge on any atom is -0.468 e. The smallest absolute Gasteiger partial charge is 0.327 e. The molecule has 1 unspecified atom stereocenters. The van der Waals surface area contributed by atoms with Crippen molar-refractivity contribution in [2.45, 2.75) is 10.9 Å². The quantitative estimate of drug-likeness (QED) is 0.655. The first-order valence-electron chi connectivity index (χ1n) is 9.67. The number of hydrogen-bond donors (Lipinski definition) is 1. The molecule has 1 saturated heterocycles. The number of carbonyl (C=O) groups excluding carboxylic acids is 2. The summed E-state index contributed by atoms with van der Waals surface area (Å²) in [6.07, 6.45) is 0. The monoisotopic (exact) mass is 465 g/mol. The maximum atomic E-state index is 12.9. The summed E-state index contributed by atoms with van der Waals surface area (Å²) in [5.41, 5.74) is 1.07. The number of amides is 1. The van der Waals surface area contributed by atoms with E-state index in [2.05, 4.69) is 4.72 Å². The summed E-state index contributed by atoms with van der Waals surface area (Å²) in [6, 6.07) is 12.3. The lowest BCUT2D eigenvalue weighted by molar-refractivity contribution is -0.148. The molecule has 1 aliphatic rings. The Kier molecular flexibility index (Phi) is 7.32. The maximum Gasteiger partial charge on any atom is 0.327 e. The number of carbonyl (C=O) groups is 2. The van der Waals surface area contributed by atoms with E-state index in [0.29, 0.717) is 42.3 Å².